The molecule has 5 heteroatoms. The molecule has 0 aliphatic heterocycles. The molecule has 0 saturated heterocycles. The first-order valence-electron chi connectivity index (χ1n) is 8.16. The highest BCUT2D eigenvalue weighted by Crippen LogP contribution is 2.28. The smallest absolute Gasteiger partial charge is 0.230 e. The number of ether oxygens (including phenoxy) is 1. The molecular weight excluding hydrogens is 346 g/mol. The van der Waals surface area contributed by atoms with Crippen molar-refractivity contribution in [2.45, 2.75) is 5.75 Å². The molecule has 26 heavy (non-hydrogen) atoms. The van der Waals surface area contributed by atoms with E-state index >= 15 is 0 Å². The molecule has 2 N–H and O–H groups in total. The number of carbonyl (C=O) groups is 1. The number of amides is 1. The maximum Gasteiger partial charge on any atom is 0.230 e. The average Bonchev–Trinajstić information content (AvgIpc) is 2.63. The molecule has 0 aliphatic rings. The lowest BCUT2D eigenvalue weighted by Gasteiger charge is -2.11. The monoisotopic (exact) mass is 365 g/mol. The van der Waals surface area contributed by atoms with Crippen molar-refractivity contribution in [1.82, 2.24) is 0 Å². The lowest BCUT2D eigenvalue weighted by atomic mass is 10.0. The molecule has 0 heterocycles. The molecule has 3 rings (SSSR count). The molecule has 0 bridgehead atoms. The Bertz CT molecular complexity index is 908. The lowest BCUT2D eigenvalue weighted by Crippen LogP contribution is -2.20. The van der Waals surface area contributed by atoms with Gasteiger partial charge in [0.1, 0.15) is 17.3 Å². The Kier molecular flexibility index (Phi) is 5.81. The van der Waals surface area contributed by atoms with E-state index in [9.17, 15) is 9.00 Å². The van der Waals surface area contributed by atoms with E-state index in [1.54, 1.807) is 0 Å². The lowest BCUT2D eigenvalue weighted by molar-refractivity contribution is -0.115. The summed E-state index contributed by atoms with van der Waals surface area (Å²) in [5.74, 6) is 1.14. The Morgan fingerprint density at radius 1 is 0.846 bits per heavy atom. The molecule has 3 aromatic rings. The van der Waals surface area contributed by atoms with Crippen LogP contribution in [0.25, 0.3) is 11.1 Å². The summed E-state index contributed by atoms with van der Waals surface area (Å²) in [6.45, 7) is 0. The van der Waals surface area contributed by atoms with Crippen LogP contribution in [0.4, 0.5) is 0 Å². The minimum absolute atomic E-state index is 0.127. The molecule has 132 valence electrons. The first kappa shape index (κ1) is 17.9. The number of rotatable bonds is 7. The number of benzene rings is 3. The minimum atomic E-state index is -1.32. The maximum absolute atomic E-state index is 12.1. The Balaban J connectivity index is 1.79. The van der Waals surface area contributed by atoms with Gasteiger partial charge in [0, 0.05) is 16.6 Å². The van der Waals surface area contributed by atoms with Crippen LogP contribution in [0.3, 0.4) is 0 Å². The Hall–Kier alpha value is -2.92. The van der Waals surface area contributed by atoms with Crippen molar-refractivity contribution in [3.05, 3.63) is 84.4 Å². The maximum atomic E-state index is 12.1. The van der Waals surface area contributed by atoms with Crippen LogP contribution in [0.15, 0.2) is 78.9 Å². The molecular formula is C21H19NO3S. The summed E-state index contributed by atoms with van der Waals surface area (Å²) in [6, 6.07) is 25.0. The van der Waals surface area contributed by atoms with Crippen LogP contribution in [0, 0.1) is 0 Å². The van der Waals surface area contributed by atoms with Crippen LogP contribution in [0.1, 0.15) is 5.56 Å². The molecule has 0 saturated carbocycles. The van der Waals surface area contributed by atoms with Gasteiger partial charge in [-0.05, 0) is 41.0 Å². The van der Waals surface area contributed by atoms with Gasteiger partial charge in [0.25, 0.3) is 0 Å². The van der Waals surface area contributed by atoms with Crippen molar-refractivity contribution in [3.63, 3.8) is 0 Å². The number of hydrogen-bond donors (Lipinski definition) is 1. The van der Waals surface area contributed by atoms with Gasteiger partial charge in [0.15, 0.2) is 0 Å². The second-order valence-corrected chi connectivity index (χ2v) is 7.25. The number of carbonyl (C=O) groups excluding carboxylic acids is 1. The second kappa shape index (κ2) is 8.45. The fraction of sp³-hybridized carbons (Fsp3) is 0.0952. The van der Waals surface area contributed by atoms with Crippen LogP contribution in [-0.2, 0) is 21.3 Å². The predicted molar refractivity (Wildman–Crippen MR) is 104 cm³/mol. The summed E-state index contributed by atoms with van der Waals surface area (Å²) in [5, 5.41) is 0. The van der Waals surface area contributed by atoms with Gasteiger partial charge in [0.2, 0.25) is 5.91 Å². The quantitative estimate of drug-likeness (QED) is 0.691. The van der Waals surface area contributed by atoms with Crippen molar-refractivity contribution < 1.29 is 13.7 Å². The summed E-state index contributed by atoms with van der Waals surface area (Å²) in [4.78, 5) is 11.0. The van der Waals surface area contributed by atoms with Gasteiger partial charge < -0.3 is 10.5 Å². The van der Waals surface area contributed by atoms with E-state index in [1.165, 1.54) is 0 Å². The van der Waals surface area contributed by atoms with Crippen LogP contribution in [0.5, 0.6) is 11.5 Å². The Morgan fingerprint density at radius 2 is 1.46 bits per heavy atom. The highest BCUT2D eigenvalue weighted by atomic mass is 32.2. The van der Waals surface area contributed by atoms with E-state index in [1.807, 2.05) is 78.9 Å². The van der Waals surface area contributed by atoms with Crippen LogP contribution < -0.4 is 10.5 Å². The fourth-order valence-electron chi connectivity index (χ4n) is 2.64. The number of hydrogen-bond acceptors (Lipinski definition) is 3. The van der Waals surface area contributed by atoms with Gasteiger partial charge in [-0.1, -0.05) is 54.6 Å². The van der Waals surface area contributed by atoms with Crippen molar-refractivity contribution in [1.29, 1.82) is 0 Å². The van der Waals surface area contributed by atoms with E-state index in [0.29, 0.717) is 5.75 Å². The number of nitrogens with two attached hydrogens (primary N) is 1. The largest absolute Gasteiger partial charge is 0.457 e. The molecule has 1 unspecified atom stereocenters. The van der Waals surface area contributed by atoms with E-state index in [0.717, 1.165) is 28.2 Å². The first-order chi connectivity index (χ1) is 12.6. The van der Waals surface area contributed by atoms with Crippen LogP contribution >= 0.6 is 0 Å². The van der Waals surface area contributed by atoms with Gasteiger partial charge >= 0.3 is 0 Å². The third-order valence-electron chi connectivity index (χ3n) is 3.78. The zero-order valence-corrected chi connectivity index (χ0v) is 14.9. The molecule has 0 fully saturated rings. The molecule has 4 nitrogen and oxygen atoms in total. The van der Waals surface area contributed by atoms with Crippen molar-refractivity contribution in [2.75, 3.05) is 5.75 Å². The topological polar surface area (TPSA) is 69.4 Å². The summed E-state index contributed by atoms with van der Waals surface area (Å²) in [6.07, 6.45) is 0. The van der Waals surface area contributed by atoms with Gasteiger partial charge in [-0.25, -0.2) is 0 Å². The third kappa shape index (κ3) is 4.80. The summed E-state index contributed by atoms with van der Waals surface area (Å²) < 4.78 is 17.9. The number of para-hydroxylation sites is 1. The standard InChI is InChI=1S/C21H19NO3S/c22-21(23)15-26(24)14-17-6-4-5-9-20(17)16-10-12-19(13-11-16)25-18-7-2-1-3-8-18/h1-13H,14-15H2,(H2,22,23). The molecule has 0 aromatic heterocycles. The number of primary amides is 1. The molecule has 0 aliphatic carbocycles. The Morgan fingerprint density at radius 3 is 2.15 bits per heavy atom. The van der Waals surface area contributed by atoms with Crippen LogP contribution in [-0.4, -0.2) is 15.9 Å². The van der Waals surface area contributed by atoms with Crippen LogP contribution in [0.2, 0.25) is 0 Å². The minimum Gasteiger partial charge on any atom is -0.457 e. The highest BCUT2D eigenvalue weighted by Gasteiger charge is 2.10. The fourth-order valence-corrected chi connectivity index (χ4v) is 3.66. The highest BCUT2D eigenvalue weighted by molar-refractivity contribution is 7.84. The zero-order valence-electron chi connectivity index (χ0n) is 14.1. The summed E-state index contributed by atoms with van der Waals surface area (Å²) in [5.41, 5.74) is 8.03. The molecule has 1 amide bonds. The van der Waals surface area contributed by atoms with E-state index in [2.05, 4.69) is 0 Å². The Labute approximate surface area is 155 Å². The average molecular weight is 365 g/mol. The van der Waals surface area contributed by atoms with Gasteiger partial charge in [-0.3, -0.25) is 9.00 Å². The van der Waals surface area contributed by atoms with Gasteiger partial charge in [-0.2, -0.15) is 0 Å². The third-order valence-corrected chi connectivity index (χ3v) is 5.02. The van der Waals surface area contributed by atoms with Gasteiger partial charge in [0.05, 0.1) is 0 Å². The van der Waals surface area contributed by atoms with E-state index < -0.39 is 16.7 Å². The van der Waals surface area contributed by atoms with Crippen molar-refractivity contribution >= 4 is 16.7 Å². The molecule has 0 radical (unpaired) electrons. The molecule has 0 spiro atoms. The summed E-state index contributed by atoms with van der Waals surface area (Å²) >= 11 is 0. The zero-order chi connectivity index (χ0) is 18.4. The normalized spacial score (nSPS) is 11.7. The SMILES string of the molecule is NC(=O)CS(=O)Cc1ccccc1-c1ccc(Oc2ccccc2)cc1. The van der Waals surface area contributed by atoms with E-state index in [4.69, 9.17) is 10.5 Å². The van der Waals surface area contributed by atoms with Crippen molar-refractivity contribution in [3.8, 4) is 22.6 Å². The van der Waals surface area contributed by atoms with Crippen molar-refractivity contribution in [2.24, 2.45) is 5.73 Å². The molecule has 3 aromatic carbocycles. The molecule has 1 atom stereocenters. The second-order valence-electron chi connectivity index (χ2n) is 5.79. The van der Waals surface area contributed by atoms with E-state index in [-0.39, 0.29) is 5.75 Å². The van der Waals surface area contributed by atoms with Gasteiger partial charge in [-0.15, -0.1) is 0 Å². The predicted octanol–water partition coefficient (Wildman–Crippen LogP) is 3.88. The first-order valence-corrected chi connectivity index (χ1v) is 9.65. The summed E-state index contributed by atoms with van der Waals surface area (Å²) in [7, 11) is -1.32.